The van der Waals surface area contributed by atoms with Crippen molar-refractivity contribution < 1.29 is 19.1 Å². The van der Waals surface area contributed by atoms with Gasteiger partial charge in [0.1, 0.15) is 17.5 Å². The summed E-state index contributed by atoms with van der Waals surface area (Å²) in [6.07, 6.45) is 2.19. The van der Waals surface area contributed by atoms with E-state index in [0.29, 0.717) is 34.0 Å². The second-order valence-corrected chi connectivity index (χ2v) is 9.88. The molecule has 0 aliphatic carbocycles. The molecule has 0 saturated heterocycles. The standard InChI is InChI=1S/C29H32BrClN2O4/c1-3-4-15-32-29(35)26(17-21-9-6-5-7-10-21)33(19-22-11-8-12-24(16-22)36-2)28(34)20-37-27-14-13-23(31)18-25(27)30/h5-14,16,18,26H,3-4,15,17,19-20H2,1-2H3,(H,32,35). The van der Waals surface area contributed by atoms with E-state index in [4.69, 9.17) is 21.1 Å². The first-order valence-corrected chi connectivity index (χ1v) is 13.4. The lowest BCUT2D eigenvalue weighted by Gasteiger charge is -2.31. The third-order valence-electron chi connectivity index (χ3n) is 5.83. The van der Waals surface area contributed by atoms with Crippen LogP contribution in [0.15, 0.2) is 77.3 Å². The van der Waals surface area contributed by atoms with E-state index in [1.165, 1.54) is 0 Å². The first-order valence-electron chi connectivity index (χ1n) is 12.2. The van der Waals surface area contributed by atoms with Crippen molar-refractivity contribution in [3.05, 3.63) is 93.4 Å². The Kier molecular flexibility index (Phi) is 11.3. The zero-order valence-electron chi connectivity index (χ0n) is 21.1. The minimum Gasteiger partial charge on any atom is -0.497 e. The van der Waals surface area contributed by atoms with Crippen LogP contribution in [-0.2, 0) is 22.6 Å². The molecule has 8 heteroatoms. The highest BCUT2D eigenvalue weighted by Crippen LogP contribution is 2.28. The summed E-state index contributed by atoms with van der Waals surface area (Å²) in [5.41, 5.74) is 1.81. The van der Waals surface area contributed by atoms with Crippen molar-refractivity contribution >= 4 is 39.3 Å². The van der Waals surface area contributed by atoms with Crippen LogP contribution >= 0.6 is 27.5 Å². The van der Waals surface area contributed by atoms with Crippen LogP contribution in [0.5, 0.6) is 11.5 Å². The van der Waals surface area contributed by atoms with Gasteiger partial charge in [0, 0.05) is 24.5 Å². The molecule has 1 atom stereocenters. The van der Waals surface area contributed by atoms with Crippen molar-refractivity contribution in [2.45, 2.75) is 38.8 Å². The van der Waals surface area contributed by atoms with Gasteiger partial charge in [-0.2, -0.15) is 0 Å². The fraction of sp³-hybridized carbons (Fsp3) is 0.310. The lowest BCUT2D eigenvalue weighted by atomic mass is 10.0. The Balaban J connectivity index is 1.91. The van der Waals surface area contributed by atoms with E-state index in [2.05, 4.69) is 28.2 Å². The lowest BCUT2D eigenvalue weighted by Crippen LogP contribution is -2.51. The number of hydrogen-bond acceptors (Lipinski definition) is 4. The largest absolute Gasteiger partial charge is 0.497 e. The molecule has 0 aliphatic rings. The Morgan fingerprint density at radius 2 is 1.78 bits per heavy atom. The molecular formula is C29H32BrClN2O4. The monoisotopic (exact) mass is 586 g/mol. The minimum absolute atomic E-state index is 0.193. The van der Waals surface area contributed by atoms with Crippen molar-refractivity contribution in [2.75, 3.05) is 20.3 Å². The number of carbonyl (C=O) groups excluding carboxylic acids is 2. The van der Waals surface area contributed by atoms with Gasteiger partial charge in [-0.1, -0.05) is 67.4 Å². The summed E-state index contributed by atoms with van der Waals surface area (Å²) in [6, 6.07) is 21.6. The molecule has 37 heavy (non-hydrogen) atoms. The Hall–Kier alpha value is -3.03. The number of amides is 2. The fourth-order valence-electron chi connectivity index (χ4n) is 3.84. The molecule has 0 spiro atoms. The fourth-order valence-corrected chi connectivity index (χ4v) is 4.64. The van der Waals surface area contributed by atoms with Crippen molar-refractivity contribution in [3.8, 4) is 11.5 Å². The summed E-state index contributed by atoms with van der Waals surface area (Å²) >= 11 is 9.46. The highest BCUT2D eigenvalue weighted by Gasteiger charge is 2.30. The normalized spacial score (nSPS) is 11.5. The van der Waals surface area contributed by atoms with Gasteiger partial charge in [0.25, 0.3) is 5.91 Å². The molecule has 0 fully saturated rings. The molecule has 196 valence electrons. The predicted molar refractivity (Wildman–Crippen MR) is 150 cm³/mol. The van der Waals surface area contributed by atoms with Gasteiger partial charge >= 0.3 is 0 Å². The highest BCUT2D eigenvalue weighted by molar-refractivity contribution is 9.10. The summed E-state index contributed by atoms with van der Waals surface area (Å²) in [5, 5.41) is 3.57. The van der Waals surface area contributed by atoms with Crippen LogP contribution in [-0.4, -0.2) is 43.0 Å². The molecule has 0 bridgehead atoms. The average molecular weight is 588 g/mol. The summed E-state index contributed by atoms with van der Waals surface area (Å²) in [6.45, 7) is 2.60. The molecule has 3 rings (SSSR count). The Morgan fingerprint density at radius 3 is 2.49 bits per heavy atom. The van der Waals surface area contributed by atoms with Crippen LogP contribution in [0.25, 0.3) is 0 Å². The van der Waals surface area contributed by atoms with Gasteiger partial charge in [-0.15, -0.1) is 0 Å². The van der Waals surface area contributed by atoms with Gasteiger partial charge in [-0.3, -0.25) is 9.59 Å². The van der Waals surface area contributed by atoms with Gasteiger partial charge in [-0.25, -0.2) is 0 Å². The van der Waals surface area contributed by atoms with Crippen LogP contribution < -0.4 is 14.8 Å². The number of methoxy groups -OCH3 is 1. The molecule has 1 N–H and O–H groups in total. The van der Waals surface area contributed by atoms with Crippen molar-refractivity contribution in [2.24, 2.45) is 0 Å². The molecule has 0 aliphatic heterocycles. The molecule has 0 radical (unpaired) electrons. The molecular weight excluding hydrogens is 556 g/mol. The van der Waals surface area contributed by atoms with Crippen molar-refractivity contribution in [3.63, 3.8) is 0 Å². The number of nitrogens with zero attached hydrogens (tertiary/aromatic N) is 1. The zero-order valence-corrected chi connectivity index (χ0v) is 23.4. The number of carbonyl (C=O) groups is 2. The summed E-state index contributed by atoms with van der Waals surface area (Å²) in [4.78, 5) is 28.7. The Morgan fingerprint density at radius 1 is 1.03 bits per heavy atom. The third kappa shape index (κ3) is 8.79. The maximum atomic E-state index is 13.7. The first-order chi connectivity index (χ1) is 17.9. The Labute approximate surface area is 232 Å². The van der Waals surface area contributed by atoms with E-state index in [1.807, 2.05) is 54.6 Å². The number of benzene rings is 3. The molecule has 2 amide bonds. The second kappa shape index (κ2) is 14.6. The SMILES string of the molecule is CCCCNC(=O)C(Cc1ccccc1)N(Cc1cccc(OC)c1)C(=O)COc1ccc(Cl)cc1Br. The van der Waals surface area contributed by atoms with E-state index in [0.717, 1.165) is 24.0 Å². The van der Waals surface area contributed by atoms with E-state index < -0.39 is 6.04 Å². The number of unbranched alkanes of at least 4 members (excludes halogenated alkanes) is 1. The minimum atomic E-state index is -0.727. The molecule has 6 nitrogen and oxygen atoms in total. The first kappa shape index (κ1) is 28.5. The molecule has 3 aromatic rings. The predicted octanol–water partition coefficient (Wildman–Crippen LogP) is 6.05. The van der Waals surface area contributed by atoms with Crippen LogP contribution in [0.2, 0.25) is 5.02 Å². The molecule has 0 aromatic heterocycles. The number of halogens is 2. The number of rotatable bonds is 13. The van der Waals surface area contributed by atoms with Gasteiger partial charge in [-0.05, 0) is 63.8 Å². The topological polar surface area (TPSA) is 67.9 Å². The van der Waals surface area contributed by atoms with Crippen LogP contribution in [0, 0.1) is 0 Å². The molecule has 0 heterocycles. The smallest absolute Gasteiger partial charge is 0.261 e. The van der Waals surface area contributed by atoms with Crippen molar-refractivity contribution in [1.29, 1.82) is 0 Å². The number of ether oxygens (including phenoxy) is 2. The van der Waals surface area contributed by atoms with E-state index in [1.54, 1.807) is 30.2 Å². The number of nitrogens with one attached hydrogen (secondary N) is 1. The zero-order chi connectivity index (χ0) is 26.6. The van der Waals surface area contributed by atoms with Crippen molar-refractivity contribution in [1.82, 2.24) is 10.2 Å². The van der Waals surface area contributed by atoms with Crippen LogP contribution in [0.3, 0.4) is 0 Å². The van der Waals surface area contributed by atoms with E-state index in [9.17, 15) is 9.59 Å². The van der Waals surface area contributed by atoms with Crippen LogP contribution in [0.1, 0.15) is 30.9 Å². The molecule has 0 saturated carbocycles. The highest BCUT2D eigenvalue weighted by atomic mass is 79.9. The van der Waals surface area contributed by atoms with Gasteiger partial charge in [0.2, 0.25) is 5.91 Å². The maximum Gasteiger partial charge on any atom is 0.261 e. The van der Waals surface area contributed by atoms with Crippen LogP contribution in [0.4, 0.5) is 0 Å². The van der Waals surface area contributed by atoms with Gasteiger partial charge in [0.05, 0.1) is 11.6 Å². The summed E-state index contributed by atoms with van der Waals surface area (Å²) in [5.74, 6) is 0.668. The van der Waals surface area contributed by atoms with Gasteiger partial charge in [0.15, 0.2) is 6.61 Å². The van der Waals surface area contributed by atoms with Gasteiger partial charge < -0.3 is 19.7 Å². The summed E-state index contributed by atoms with van der Waals surface area (Å²) < 4.78 is 11.9. The quantitative estimate of drug-likeness (QED) is 0.247. The molecule has 3 aromatic carbocycles. The maximum absolute atomic E-state index is 13.7. The summed E-state index contributed by atoms with van der Waals surface area (Å²) in [7, 11) is 1.60. The third-order valence-corrected chi connectivity index (χ3v) is 6.69. The second-order valence-electron chi connectivity index (χ2n) is 8.59. The van der Waals surface area contributed by atoms with E-state index >= 15 is 0 Å². The van der Waals surface area contributed by atoms with E-state index in [-0.39, 0.29) is 25.0 Å². The Bertz CT molecular complexity index is 1180. The molecule has 1 unspecified atom stereocenters. The number of hydrogen-bond donors (Lipinski definition) is 1. The average Bonchev–Trinajstić information content (AvgIpc) is 2.90. The lowest BCUT2D eigenvalue weighted by molar-refractivity contribution is -0.142.